The molecule has 1 aromatic heterocycles. The predicted octanol–water partition coefficient (Wildman–Crippen LogP) is 3.67. The first-order valence-electron chi connectivity index (χ1n) is 9.50. The van der Waals surface area contributed by atoms with E-state index in [0.717, 1.165) is 16.7 Å². The molecule has 0 spiro atoms. The van der Waals surface area contributed by atoms with Crippen LogP contribution in [0.2, 0.25) is 0 Å². The smallest absolute Gasteiger partial charge is 0.411 e. The largest absolute Gasteiger partial charge is 0.489 e. The molecular formula is C22H26N2O5. The lowest BCUT2D eigenvalue weighted by atomic mass is 9.92. The quantitative estimate of drug-likeness (QED) is 0.732. The van der Waals surface area contributed by atoms with Crippen LogP contribution in [0.15, 0.2) is 42.7 Å². The van der Waals surface area contributed by atoms with Gasteiger partial charge in [0.2, 0.25) is 0 Å². The number of pyridine rings is 1. The van der Waals surface area contributed by atoms with E-state index in [-0.39, 0.29) is 0 Å². The number of amides is 1. The SMILES string of the molecule is COC(=O)[C@H]1c2ccc(OCc3cccnc3)cc2CCN1C(=O)OC(C)(C)C. The van der Waals surface area contributed by atoms with Crippen LogP contribution in [0, 0.1) is 0 Å². The minimum absolute atomic E-state index is 0.355. The van der Waals surface area contributed by atoms with Gasteiger partial charge in [-0.05, 0) is 56.5 Å². The van der Waals surface area contributed by atoms with Crippen LogP contribution in [-0.4, -0.2) is 41.2 Å². The normalized spacial score (nSPS) is 16.0. The Bertz CT molecular complexity index is 877. The number of nitrogens with zero attached hydrogens (tertiary/aromatic N) is 2. The molecule has 0 fully saturated rings. The molecule has 1 atom stereocenters. The van der Waals surface area contributed by atoms with Crippen molar-refractivity contribution in [2.24, 2.45) is 0 Å². The van der Waals surface area contributed by atoms with Gasteiger partial charge >= 0.3 is 12.1 Å². The maximum Gasteiger partial charge on any atom is 0.411 e. The van der Waals surface area contributed by atoms with Gasteiger partial charge in [-0.1, -0.05) is 12.1 Å². The summed E-state index contributed by atoms with van der Waals surface area (Å²) < 4.78 is 16.3. The summed E-state index contributed by atoms with van der Waals surface area (Å²) in [6.07, 6.45) is 3.53. The van der Waals surface area contributed by atoms with Gasteiger partial charge in [0.25, 0.3) is 0 Å². The van der Waals surface area contributed by atoms with Gasteiger partial charge in [-0.3, -0.25) is 9.88 Å². The molecule has 0 saturated heterocycles. The zero-order valence-corrected chi connectivity index (χ0v) is 17.2. The first-order chi connectivity index (χ1) is 13.8. The number of carbonyl (C=O) groups is 2. The molecule has 1 aliphatic heterocycles. The van der Waals surface area contributed by atoms with Crippen molar-refractivity contribution in [3.63, 3.8) is 0 Å². The maximum atomic E-state index is 12.6. The van der Waals surface area contributed by atoms with Gasteiger partial charge in [0.05, 0.1) is 7.11 Å². The van der Waals surface area contributed by atoms with Crippen molar-refractivity contribution in [1.29, 1.82) is 0 Å². The second kappa shape index (κ2) is 8.51. The van der Waals surface area contributed by atoms with E-state index in [0.29, 0.717) is 25.3 Å². The van der Waals surface area contributed by atoms with Gasteiger partial charge in [0.1, 0.15) is 18.0 Å². The third-order valence-corrected chi connectivity index (χ3v) is 4.52. The molecule has 0 bridgehead atoms. The summed E-state index contributed by atoms with van der Waals surface area (Å²) in [5.41, 5.74) is 1.99. The van der Waals surface area contributed by atoms with Crippen LogP contribution in [0.3, 0.4) is 0 Å². The Labute approximate surface area is 170 Å². The first-order valence-corrected chi connectivity index (χ1v) is 9.50. The number of ether oxygens (including phenoxy) is 3. The number of methoxy groups -OCH3 is 1. The molecule has 29 heavy (non-hydrogen) atoms. The summed E-state index contributed by atoms with van der Waals surface area (Å²) in [6.45, 7) is 6.14. The fraction of sp³-hybridized carbons (Fsp3) is 0.409. The Morgan fingerprint density at radius 1 is 1.24 bits per heavy atom. The fourth-order valence-electron chi connectivity index (χ4n) is 3.23. The molecule has 0 unspecified atom stereocenters. The zero-order valence-electron chi connectivity index (χ0n) is 17.2. The monoisotopic (exact) mass is 398 g/mol. The standard InChI is InChI=1S/C22H26N2O5/c1-22(2,3)29-21(26)24-11-9-16-12-17(28-14-15-6-5-10-23-13-15)7-8-18(16)19(24)20(25)27-4/h5-8,10,12-13,19H,9,11,14H2,1-4H3/t19-/m1/s1. The number of hydrogen-bond acceptors (Lipinski definition) is 6. The highest BCUT2D eigenvalue weighted by atomic mass is 16.6. The number of esters is 1. The molecule has 1 aromatic carbocycles. The van der Waals surface area contributed by atoms with Crippen molar-refractivity contribution < 1.29 is 23.8 Å². The van der Waals surface area contributed by atoms with E-state index in [2.05, 4.69) is 4.98 Å². The van der Waals surface area contributed by atoms with Crippen molar-refractivity contribution >= 4 is 12.1 Å². The number of fused-ring (bicyclic) bond motifs is 1. The Morgan fingerprint density at radius 2 is 2.03 bits per heavy atom. The average molecular weight is 398 g/mol. The highest BCUT2D eigenvalue weighted by Gasteiger charge is 2.39. The molecule has 0 saturated carbocycles. The van der Waals surface area contributed by atoms with Crippen LogP contribution >= 0.6 is 0 Å². The summed E-state index contributed by atoms with van der Waals surface area (Å²) in [7, 11) is 1.31. The molecule has 1 amide bonds. The lowest BCUT2D eigenvalue weighted by Crippen LogP contribution is -2.46. The van der Waals surface area contributed by atoms with E-state index in [1.807, 2.05) is 24.3 Å². The highest BCUT2D eigenvalue weighted by Crippen LogP contribution is 2.34. The van der Waals surface area contributed by atoms with E-state index in [1.54, 1.807) is 39.2 Å². The molecule has 7 heteroatoms. The Hall–Kier alpha value is -3.09. The van der Waals surface area contributed by atoms with Crippen LogP contribution in [0.1, 0.15) is 43.5 Å². The molecule has 7 nitrogen and oxygen atoms in total. The minimum Gasteiger partial charge on any atom is -0.489 e. The molecule has 2 aromatic rings. The lowest BCUT2D eigenvalue weighted by Gasteiger charge is -2.36. The van der Waals surface area contributed by atoms with Gasteiger partial charge in [-0.15, -0.1) is 0 Å². The number of rotatable bonds is 4. The Balaban J connectivity index is 1.82. The van der Waals surface area contributed by atoms with E-state index in [4.69, 9.17) is 14.2 Å². The van der Waals surface area contributed by atoms with Crippen LogP contribution < -0.4 is 4.74 Å². The number of hydrogen-bond donors (Lipinski definition) is 0. The van der Waals surface area contributed by atoms with Crippen molar-refractivity contribution in [1.82, 2.24) is 9.88 Å². The van der Waals surface area contributed by atoms with Crippen molar-refractivity contribution in [3.8, 4) is 5.75 Å². The number of carbonyl (C=O) groups excluding carboxylic acids is 2. The van der Waals surface area contributed by atoms with Crippen LogP contribution in [0.5, 0.6) is 5.75 Å². The molecule has 154 valence electrons. The average Bonchev–Trinajstić information content (AvgIpc) is 2.70. The minimum atomic E-state index is -0.842. The third kappa shape index (κ3) is 5.04. The second-order valence-electron chi connectivity index (χ2n) is 7.86. The fourth-order valence-corrected chi connectivity index (χ4v) is 3.23. The van der Waals surface area contributed by atoms with Crippen LogP contribution in [0.4, 0.5) is 4.79 Å². The highest BCUT2D eigenvalue weighted by molar-refractivity contribution is 5.84. The van der Waals surface area contributed by atoms with Crippen LogP contribution in [-0.2, 0) is 27.3 Å². The Morgan fingerprint density at radius 3 is 2.69 bits per heavy atom. The molecule has 3 rings (SSSR count). The number of benzene rings is 1. The maximum absolute atomic E-state index is 12.6. The first kappa shape index (κ1) is 20.6. The summed E-state index contributed by atoms with van der Waals surface area (Å²) in [4.78, 5) is 30.6. The molecule has 0 radical (unpaired) electrons. The molecular weight excluding hydrogens is 372 g/mol. The summed E-state index contributed by atoms with van der Waals surface area (Å²) >= 11 is 0. The van der Waals surface area contributed by atoms with Crippen LogP contribution in [0.25, 0.3) is 0 Å². The summed E-state index contributed by atoms with van der Waals surface area (Å²) in [5.74, 6) is 0.197. The predicted molar refractivity (Wildman–Crippen MR) is 106 cm³/mol. The van der Waals surface area contributed by atoms with Gasteiger partial charge in [0.15, 0.2) is 6.04 Å². The molecule has 2 heterocycles. The molecule has 1 aliphatic rings. The molecule has 0 aliphatic carbocycles. The summed E-state index contributed by atoms with van der Waals surface area (Å²) in [6, 6.07) is 8.48. The number of aromatic nitrogens is 1. The van der Waals surface area contributed by atoms with Crippen molar-refractivity contribution in [2.75, 3.05) is 13.7 Å². The van der Waals surface area contributed by atoms with Crippen molar-refractivity contribution in [2.45, 2.75) is 45.4 Å². The lowest BCUT2D eigenvalue weighted by molar-refractivity contribution is -0.147. The van der Waals surface area contributed by atoms with E-state index >= 15 is 0 Å². The molecule has 0 N–H and O–H groups in total. The van der Waals surface area contributed by atoms with E-state index in [1.165, 1.54) is 12.0 Å². The van der Waals surface area contributed by atoms with Gasteiger partial charge in [0, 0.05) is 24.5 Å². The van der Waals surface area contributed by atoms with Gasteiger partial charge in [-0.25, -0.2) is 9.59 Å². The third-order valence-electron chi connectivity index (χ3n) is 4.52. The van der Waals surface area contributed by atoms with Gasteiger partial charge < -0.3 is 14.2 Å². The Kier molecular flexibility index (Phi) is 6.06. The zero-order chi connectivity index (χ0) is 21.0. The van der Waals surface area contributed by atoms with Gasteiger partial charge in [-0.2, -0.15) is 0 Å². The van der Waals surface area contributed by atoms with E-state index in [9.17, 15) is 9.59 Å². The second-order valence-corrected chi connectivity index (χ2v) is 7.86. The van der Waals surface area contributed by atoms with Crippen molar-refractivity contribution in [3.05, 3.63) is 59.4 Å². The van der Waals surface area contributed by atoms with E-state index < -0.39 is 23.7 Å². The summed E-state index contributed by atoms with van der Waals surface area (Å²) in [5, 5.41) is 0. The topological polar surface area (TPSA) is 78.0 Å².